The Morgan fingerprint density at radius 3 is 1.36 bits per heavy atom. The van der Waals surface area contributed by atoms with E-state index in [9.17, 15) is 0 Å². The van der Waals surface area contributed by atoms with Crippen molar-refractivity contribution in [2.45, 2.75) is 0 Å². The Morgan fingerprint density at radius 2 is 0.709 bits per heavy atom. The summed E-state index contributed by atoms with van der Waals surface area (Å²) in [5.41, 5.74) is 5.85. The summed E-state index contributed by atoms with van der Waals surface area (Å²) >= 11 is 0. The van der Waals surface area contributed by atoms with Crippen LogP contribution < -0.4 is 4.90 Å². The second-order valence-corrected chi connectivity index (χ2v) is 14.8. The summed E-state index contributed by atoms with van der Waals surface area (Å²) in [4.78, 5) is 2.47. The van der Waals surface area contributed by atoms with Crippen LogP contribution in [-0.4, -0.2) is 0 Å². The molecule has 0 aliphatic carbocycles. The third-order valence-corrected chi connectivity index (χ3v) is 11.9. The van der Waals surface area contributed by atoms with E-state index in [0.717, 1.165) is 17.1 Å². The summed E-state index contributed by atoms with van der Waals surface area (Å²) in [6, 6.07) is 74.3. The summed E-state index contributed by atoms with van der Waals surface area (Å²) < 4.78 is 0. The molecule has 0 unspecified atom stereocenters. The van der Waals surface area contributed by atoms with E-state index in [0.29, 0.717) is 0 Å². The Bertz CT molecular complexity index is 3470. The molecule has 0 spiro atoms. The van der Waals surface area contributed by atoms with Gasteiger partial charge in [-0.1, -0.05) is 170 Å². The molecule has 55 heavy (non-hydrogen) atoms. The van der Waals surface area contributed by atoms with Gasteiger partial charge < -0.3 is 4.90 Å². The zero-order valence-electron chi connectivity index (χ0n) is 30.0. The standard InChI is InChI=1S/C54H33N/c1-3-17-43-34(10-1)12-5-19-44(43)36-28-30-41(31-29-36)55(50-23-9-13-35-11-2-4-18-45(35)50)42-32-40-27-26-39-15-7-21-47-46-20-6-14-37-24-25-38-16-8-22-48(53(38)51(37)46)49(33-42)54(40)52(39)47/h1-33H. The zero-order valence-corrected chi connectivity index (χ0v) is 30.0. The Kier molecular flexibility index (Phi) is 6.40. The number of rotatable bonds is 4. The van der Waals surface area contributed by atoms with E-state index >= 15 is 0 Å². The first kappa shape index (κ1) is 30.3. The van der Waals surface area contributed by atoms with Crippen molar-refractivity contribution in [1.29, 1.82) is 0 Å². The number of nitrogens with zero attached hydrogens (tertiary/aromatic N) is 1. The summed E-state index contributed by atoms with van der Waals surface area (Å²) in [7, 11) is 0. The smallest absolute Gasteiger partial charge is 0.0540 e. The average molecular weight is 696 g/mol. The van der Waals surface area contributed by atoms with Crippen molar-refractivity contribution < 1.29 is 0 Å². The van der Waals surface area contributed by atoms with Gasteiger partial charge >= 0.3 is 0 Å². The van der Waals surface area contributed by atoms with Crippen LogP contribution in [0.1, 0.15) is 0 Å². The Morgan fingerprint density at radius 1 is 0.255 bits per heavy atom. The summed E-state index contributed by atoms with van der Waals surface area (Å²) in [5.74, 6) is 0. The predicted octanol–water partition coefficient (Wildman–Crippen LogP) is 15.5. The lowest BCUT2D eigenvalue weighted by molar-refractivity contribution is 1.31. The van der Waals surface area contributed by atoms with Gasteiger partial charge in [0.05, 0.1) is 5.69 Å². The van der Waals surface area contributed by atoms with E-state index in [1.165, 1.54) is 97.3 Å². The normalized spacial score (nSPS) is 12.0. The molecule has 12 rings (SSSR count). The topological polar surface area (TPSA) is 3.24 Å². The van der Waals surface area contributed by atoms with E-state index in [2.05, 4.69) is 205 Å². The minimum Gasteiger partial charge on any atom is -0.310 e. The van der Waals surface area contributed by atoms with Gasteiger partial charge in [0.1, 0.15) is 0 Å². The lowest BCUT2D eigenvalue weighted by Gasteiger charge is -2.28. The quantitative estimate of drug-likeness (QED) is 0.166. The summed E-state index contributed by atoms with van der Waals surface area (Å²) in [5, 5.41) is 20.4. The van der Waals surface area contributed by atoms with Crippen molar-refractivity contribution in [2.24, 2.45) is 0 Å². The first-order chi connectivity index (χ1) is 27.3. The number of hydrogen-bond donors (Lipinski definition) is 0. The summed E-state index contributed by atoms with van der Waals surface area (Å²) in [6.45, 7) is 0. The van der Waals surface area contributed by atoms with Gasteiger partial charge in [0, 0.05) is 16.8 Å². The van der Waals surface area contributed by atoms with E-state index in [1.54, 1.807) is 0 Å². The fourth-order valence-electron chi connectivity index (χ4n) is 9.50. The fraction of sp³-hybridized carbons (Fsp3) is 0. The van der Waals surface area contributed by atoms with Gasteiger partial charge in [0.25, 0.3) is 0 Å². The molecule has 12 aromatic rings. The highest BCUT2D eigenvalue weighted by Gasteiger charge is 2.20. The first-order valence-electron chi connectivity index (χ1n) is 19.1. The molecule has 0 aliphatic heterocycles. The van der Waals surface area contributed by atoms with Crippen LogP contribution in [0.4, 0.5) is 17.1 Å². The second-order valence-electron chi connectivity index (χ2n) is 14.8. The third-order valence-electron chi connectivity index (χ3n) is 11.9. The predicted molar refractivity (Wildman–Crippen MR) is 238 cm³/mol. The molecule has 0 N–H and O–H groups in total. The molecule has 12 aromatic carbocycles. The van der Waals surface area contributed by atoms with Gasteiger partial charge in [0.2, 0.25) is 0 Å². The van der Waals surface area contributed by atoms with Crippen molar-refractivity contribution in [1.82, 2.24) is 0 Å². The van der Waals surface area contributed by atoms with Crippen molar-refractivity contribution in [3.8, 4) is 11.1 Å². The molecule has 0 aromatic heterocycles. The maximum atomic E-state index is 2.47. The van der Waals surface area contributed by atoms with Crippen LogP contribution in [0.15, 0.2) is 200 Å². The van der Waals surface area contributed by atoms with Crippen LogP contribution in [0.25, 0.3) is 97.3 Å². The first-order valence-corrected chi connectivity index (χ1v) is 19.1. The Labute approximate surface area is 318 Å². The maximum Gasteiger partial charge on any atom is 0.0540 e. The monoisotopic (exact) mass is 695 g/mol. The van der Waals surface area contributed by atoms with Crippen molar-refractivity contribution in [3.63, 3.8) is 0 Å². The highest BCUT2D eigenvalue weighted by Crippen LogP contribution is 2.47. The number of fused-ring (bicyclic) bond motifs is 4. The molecule has 0 amide bonds. The minimum atomic E-state index is 1.12. The molecule has 0 atom stereocenters. The van der Waals surface area contributed by atoms with Gasteiger partial charge in [-0.2, -0.15) is 0 Å². The van der Waals surface area contributed by atoms with E-state index < -0.39 is 0 Å². The SMILES string of the molecule is c1ccc2c(-c3ccc(N(c4cc5ccc6cccc7c8cccc9ccc%10cccc(c(c4)c5c67)c%10c98)c4cccc5ccccc45)cc3)cccc2c1. The molecule has 254 valence electrons. The van der Waals surface area contributed by atoms with Gasteiger partial charge in [0.15, 0.2) is 0 Å². The fourth-order valence-corrected chi connectivity index (χ4v) is 9.50. The zero-order chi connectivity index (χ0) is 36.0. The molecule has 0 saturated heterocycles. The van der Waals surface area contributed by atoms with Gasteiger partial charge in [-0.3, -0.25) is 0 Å². The van der Waals surface area contributed by atoms with Crippen LogP contribution in [0.3, 0.4) is 0 Å². The molecular formula is C54H33N. The van der Waals surface area contributed by atoms with Gasteiger partial charge in [-0.05, 0) is 122 Å². The van der Waals surface area contributed by atoms with E-state index in [4.69, 9.17) is 0 Å². The second kappa shape index (κ2) is 11.6. The van der Waals surface area contributed by atoms with Crippen LogP contribution in [0.5, 0.6) is 0 Å². The lowest BCUT2D eigenvalue weighted by atomic mass is 9.87. The van der Waals surface area contributed by atoms with Crippen molar-refractivity contribution in [2.75, 3.05) is 4.90 Å². The van der Waals surface area contributed by atoms with Crippen molar-refractivity contribution >= 4 is 103 Å². The highest BCUT2D eigenvalue weighted by atomic mass is 15.1. The highest BCUT2D eigenvalue weighted by molar-refractivity contribution is 6.37. The largest absolute Gasteiger partial charge is 0.310 e. The molecule has 1 heteroatoms. The molecule has 0 radical (unpaired) electrons. The van der Waals surface area contributed by atoms with Crippen LogP contribution in [-0.2, 0) is 0 Å². The number of benzene rings is 11. The van der Waals surface area contributed by atoms with Crippen LogP contribution in [0.2, 0.25) is 0 Å². The molecule has 0 aliphatic rings. The average Bonchev–Trinajstić information content (AvgIpc) is 3.25. The van der Waals surface area contributed by atoms with E-state index in [1.807, 2.05) is 0 Å². The minimum absolute atomic E-state index is 1.12. The molecular weight excluding hydrogens is 663 g/mol. The molecule has 1 nitrogen and oxygen atoms in total. The molecule has 0 heterocycles. The summed E-state index contributed by atoms with van der Waals surface area (Å²) in [6.07, 6.45) is 0. The van der Waals surface area contributed by atoms with E-state index in [-0.39, 0.29) is 0 Å². The Balaban J connectivity index is 1.20. The maximum absolute atomic E-state index is 2.47. The lowest BCUT2D eigenvalue weighted by Crippen LogP contribution is -2.10. The molecule has 0 saturated carbocycles. The third kappa shape index (κ3) is 4.48. The van der Waals surface area contributed by atoms with Gasteiger partial charge in [-0.15, -0.1) is 0 Å². The molecule has 0 fully saturated rings. The van der Waals surface area contributed by atoms with Crippen LogP contribution in [0, 0.1) is 0 Å². The van der Waals surface area contributed by atoms with Crippen LogP contribution >= 0.6 is 0 Å². The number of anilines is 3. The van der Waals surface area contributed by atoms with Gasteiger partial charge in [-0.25, -0.2) is 0 Å². The number of hydrogen-bond acceptors (Lipinski definition) is 1. The Hall–Kier alpha value is -7.22. The van der Waals surface area contributed by atoms with Crippen molar-refractivity contribution in [3.05, 3.63) is 200 Å². The molecule has 0 bridgehead atoms.